The topological polar surface area (TPSA) is 35.5 Å². The van der Waals surface area contributed by atoms with Crippen LogP contribution in [0.1, 0.15) is 40.5 Å². The maximum absolute atomic E-state index is 11.2. The van der Waals surface area contributed by atoms with Crippen molar-refractivity contribution in [2.45, 2.75) is 58.7 Å². The molecule has 0 fully saturated rings. The zero-order valence-corrected chi connectivity index (χ0v) is 14.9. The first kappa shape index (κ1) is 19.1. The van der Waals surface area contributed by atoms with Gasteiger partial charge in [-0.2, -0.15) is 0 Å². The summed E-state index contributed by atoms with van der Waals surface area (Å²) in [6.07, 6.45) is 4.99. The highest BCUT2D eigenvalue weighted by molar-refractivity contribution is 6.74. The zero-order valence-electron chi connectivity index (χ0n) is 13.9. The molecule has 0 bridgehead atoms. The van der Waals surface area contributed by atoms with Gasteiger partial charge in [0.2, 0.25) is 0 Å². The van der Waals surface area contributed by atoms with Crippen molar-refractivity contribution in [3.05, 3.63) is 24.3 Å². The SMILES string of the molecule is C=C(/C=C/CCC(=O)OCC)CO[Si](C)(C)C(C)(C)C. The Bertz CT molecular complexity index is 351. The predicted molar refractivity (Wildman–Crippen MR) is 87.3 cm³/mol. The normalized spacial score (nSPS) is 12.7. The quantitative estimate of drug-likeness (QED) is 0.377. The number of hydrogen-bond donors (Lipinski definition) is 0. The molecule has 3 nitrogen and oxygen atoms in total. The number of ether oxygens (including phenoxy) is 1. The van der Waals surface area contributed by atoms with Crippen molar-refractivity contribution >= 4 is 14.3 Å². The van der Waals surface area contributed by atoms with Crippen LogP contribution in [0.2, 0.25) is 18.1 Å². The van der Waals surface area contributed by atoms with Gasteiger partial charge in [0.15, 0.2) is 8.32 Å². The summed E-state index contributed by atoms with van der Waals surface area (Å²) >= 11 is 0. The van der Waals surface area contributed by atoms with Gasteiger partial charge in [-0.25, -0.2) is 0 Å². The van der Waals surface area contributed by atoms with Crippen LogP contribution in [0.3, 0.4) is 0 Å². The van der Waals surface area contributed by atoms with Crippen molar-refractivity contribution in [2.24, 2.45) is 0 Å². The van der Waals surface area contributed by atoms with Gasteiger partial charge in [-0.15, -0.1) is 0 Å². The Morgan fingerprint density at radius 2 is 1.90 bits per heavy atom. The van der Waals surface area contributed by atoms with Gasteiger partial charge in [-0.05, 0) is 37.0 Å². The van der Waals surface area contributed by atoms with Crippen LogP contribution in [0.15, 0.2) is 24.3 Å². The van der Waals surface area contributed by atoms with Crippen molar-refractivity contribution in [3.8, 4) is 0 Å². The Morgan fingerprint density at radius 1 is 1.30 bits per heavy atom. The summed E-state index contributed by atoms with van der Waals surface area (Å²) < 4.78 is 10.9. The van der Waals surface area contributed by atoms with Crippen molar-refractivity contribution in [1.29, 1.82) is 0 Å². The highest BCUT2D eigenvalue weighted by Gasteiger charge is 2.36. The zero-order chi connectivity index (χ0) is 15.8. The van der Waals surface area contributed by atoms with Crippen LogP contribution in [-0.2, 0) is 14.0 Å². The molecule has 0 aliphatic carbocycles. The van der Waals surface area contributed by atoms with Crippen molar-refractivity contribution in [2.75, 3.05) is 13.2 Å². The molecule has 0 aromatic carbocycles. The lowest BCUT2D eigenvalue weighted by atomic mass is 10.2. The molecule has 4 heteroatoms. The molecule has 20 heavy (non-hydrogen) atoms. The third-order valence-corrected chi connectivity index (χ3v) is 8.08. The largest absolute Gasteiger partial charge is 0.466 e. The lowest BCUT2D eigenvalue weighted by Crippen LogP contribution is -2.41. The Morgan fingerprint density at radius 3 is 2.40 bits per heavy atom. The molecule has 0 aliphatic heterocycles. The van der Waals surface area contributed by atoms with Gasteiger partial charge in [0.25, 0.3) is 0 Å². The van der Waals surface area contributed by atoms with Gasteiger partial charge in [0, 0.05) is 6.42 Å². The lowest BCUT2D eigenvalue weighted by molar-refractivity contribution is -0.142. The minimum Gasteiger partial charge on any atom is -0.466 e. The average molecular weight is 298 g/mol. The van der Waals surface area contributed by atoms with Crippen molar-refractivity contribution in [1.82, 2.24) is 0 Å². The van der Waals surface area contributed by atoms with Crippen LogP contribution in [0.4, 0.5) is 0 Å². The van der Waals surface area contributed by atoms with Crippen LogP contribution in [-0.4, -0.2) is 27.5 Å². The summed E-state index contributed by atoms with van der Waals surface area (Å²) in [7, 11) is -1.71. The molecule has 0 rings (SSSR count). The monoisotopic (exact) mass is 298 g/mol. The highest BCUT2D eigenvalue weighted by Crippen LogP contribution is 2.36. The standard InChI is InChI=1S/C16H30O3Si/c1-8-18-15(17)12-10-9-11-14(2)13-19-20(6,7)16(3,4)5/h9,11H,2,8,10,12-13H2,1,3-7H3/b11-9+. The molecule has 0 aromatic rings. The Hall–Kier alpha value is -0.873. The number of hydrogen-bond acceptors (Lipinski definition) is 3. The fraction of sp³-hybridized carbons (Fsp3) is 0.688. The van der Waals surface area contributed by atoms with Gasteiger partial charge in [0.05, 0.1) is 13.2 Å². The van der Waals surface area contributed by atoms with Gasteiger partial charge < -0.3 is 9.16 Å². The van der Waals surface area contributed by atoms with E-state index in [2.05, 4.69) is 40.4 Å². The predicted octanol–water partition coefficient (Wildman–Crippen LogP) is 4.46. The minimum atomic E-state index is -1.71. The van der Waals surface area contributed by atoms with Crippen LogP contribution < -0.4 is 0 Å². The van der Waals surface area contributed by atoms with E-state index >= 15 is 0 Å². The van der Waals surface area contributed by atoms with E-state index < -0.39 is 8.32 Å². The first-order chi connectivity index (χ1) is 9.10. The van der Waals surface area contributed by atoms with Crippen LogP contribution in [0.5, 0.6) is 0 Å². The van der Waals surface area contributed by atoms with E-state index in [0.29, 0.717) is 26.1 Å². The second-order valence-corrected chi connectivity index (χ2v) is 11.3. The first-order valence-corrected chi connectivity index (χ1v) is 10.1. The van der Waals surface area contributed by atoms with Crippen LogP contribution in [0.25, 0.3) is 0 Å². The molecule has 0 aliphatic rings. The van der Waals surface area contributed by atoms with E-state index in [0.717, 1.165) is 5.57 Å². The second kappa shape index (κ2) is 8.42. The third kappa shape index (κ3) is 7.65. The minimum absolute atomic E-state index is 0.153. The van der Waals surface area contributed by atoms with E-state index in [1.165, 1.54) is 0 Å². The van der Waals surface area contributed by atoms with Crippen LogP contribution in [0, 0.1) is 0 Å². The van der Waals surface area contributed by atoms with Gasteiger partial charge >= 0.3 is 5.97 Å². The molecule has 0 aromatic heterocycles. The van der Waals surface area contributed by atoms with Gasteiger partial charge in [0.1, 0.15) is 0 Å². The van der Waals surface area contributed by atoms with Crippen molar-refractivity contribution < 1.29 is 14.0 Å². The molecular formula is C16H30O3Si. The Balaban J connectivity index is 4.04. The Labute approximate surface area is 125 Å². The molecule has 0 unspecified atom stereocenters. The maximum atomic E-state index is 11.2. The maximum Gasteiger partial charge on any atom is 0.306 e. The molecule has 0 heterocycles. The van der Waals surface area contributed by atoms with Gasteiger partial charge in [-0.3, -0.25) is 4.79 Å². The Kier molecular flexibility index (Phi) is 8.05. The molecule has 0 amide bonds. The van der Waals surface area contributed by atoms with E-state index in [1.54, 1.807) is 0 Å². The molecule has 0 saturated heterocycles. The summed E-state index contributed by atoms with van der Waals surface area (Å²) in [6, 6.07) is 0. The van der Waals surface area contributed by atoms with Crippen LogP contribution >= 0.6 is 0 Å². The summed E-state index contributed by atoms with van der Waals surface area (Å²) in [5.74, 6) is -0.153. The fourth-order valence-corrected chi connectivity index (χ4v) is 2.20. The number of allylic oxidation sites excluding steroid dienone is 1. The first-order valence-electron chi connectivity index (χ1n) is 7.24. The van der Waals surface area contributed by atoms with E-state index in [-0.39, 0.29) is 11.0 Å². The molecule has 0 saturated carbocycles. The molecule has 0 spiro atoms. The second-order valence-electron chi connectivity index (χ2n) is 6.45. The summed E-state index contributed by atoms with van der Waals surface area (Å²) in [5.41, 5.74) is 0.943. The molecular weight excluding hydrogens is 268 g/mol. The smallest absolute Gasteiger partial charge is 0.306 e. The van der Waals surface area contributed by atoms with Crippen molar-refractivity contribution in [3.63, 3.8) is 0 Å². The summed E-state index contributed by atoms with van der Waals surface area (Å²) in [4.78, 5) is 11.2. The fourth-order valence-electron chi connectivity index (χ4n) is 1.22. The van der Waals surface area contributed by atoms with E-state index in [4.69, 9.17) is 9.16 Å². The highest BCUT2D eigenvalue weighted by atomic mass is 28.4. The summed E-state index contributed by atoms with van der Waals surface area (Å²) in [6.45, 7) is 17.9. The number of carbonyl (C=O) groups excluding carboxylic acids is 1. The third-order valence-electron chi connectivity index (χ3n) is 3.60. The molecule has 0 atom stereocenters. The molecule has 0 radical (unpaired) electrons. The van der Waals surface area contributed by atoms with Gasteiger partial charge in [-0.1, -0.05) is 39.5 Å². The number of esters is 1. The van der Waals surface area contributed by atoms with E-state index in [9.17, 15) is 4.79 Å². The summed E-state index contributed by atoms with van der Waals surface area (Å²) in [5, 5.41) is 0.209. The number of rotatable bonds is 8. The number of carbonyl (C=O) groups is 1. The average Bonchev–Trinajstić information content (AvgIpc) is 2.31. The van der Waals surface area contributed by atoms with E-state index in [1.807, 2.05) is 19.1 Å². The lowest BCUT2D eigenvalue weighted by Gasteiger charge is -2.36. The molecule has 0 N–H and O–H groups in total. The molecule has 116 valence electrons.